The van der Waals surface area contributed by atoms with E-state index in [0.717, 1.165) is 5.56 Å². The summed E-state index contributed by atoms with van der Waals surface area (Å²) in [5, 5.41) is 5.77. The van der Waals surface area contributed by atoms with Crippen LogP contribution in [0.2, 0.25) is 0 Å². The highest BCUT2D eigenvalue weighted by molar-refractivity contribution is 5.77. The lowest BCUT2D eigenvalue weighted by molar-refractivity contribution is -0.120. The van der Waals surface area contributed by atoms with Crippen LogP contribution in [0.1, 0.15) is 5.56 Å². The fourth-order valence-electron chi connectivity index (χ4n) is 1.11. The molecule has 0 aliphatic heterocycles. The highest BCUT2D eigenvalue weighted by atomic mass is 16.5. The predicted molar refractivity (Wildman–Crippen MR) is 57.4 cm³/mol. The van der Waals surface area contributed by atoms with E-state index < -0.39 is 0 Å². The summed E-state index contributed by atoms with van der Waals surface area (Å²) in [5.41, 5.74) is 1.07. The molecule has 5 heteroatoms. The summed E-state index contributed by atoms with van der Waals surface area (Å²) in [6, 6.07) is 1.93. The number of carbonyl (C=O) groups excluding carboxylic acids is 1. The number of amides is 1. The molecule has 0 aromatic carbocycles. The van der Waals surface area contributed by atoms with Crippen LogP contribution in [-0.2, 0) is 16.1 Å². The summed E-state index contributed by atoms with van der Waals surface area (Å²) in [4.78, 5) is 14.2. The van der Waals surface area contributed by atoms with E-state index in [2.05, 4.69) is 15.6 Å². The van der Waals surface area contributed by atoms with Gasteiger partial charge in [-0.1, -0.05) is 0 Å². The maximum absolute atomic E-state index is 11.3. The van der Waals surface area contributed by atoms with E-state index >= 15 is 0 Å². The zero-order valence-electron chi connectivity index (χ0n) is 8.88. The van der Waals surface area contributed by atoms with Crippen molar-refractivity contribution in [1.82, 2.24) is 15.6 Å². The lowest BCUT2D eigenvalue weighted by atomic mass is 10.3. The zero-order valence-corrected chi connectivity index (χ0v) is 8.88. The number of rotatable bonds is 7. The van der Waals surface area contributed by atoms with E-state index in [1.54, 1.807) is 7.11 Å². The van der Waals surface area contributed by atoms with Crippen LogP contribution in [0, 0.1) is 0 Å². The highest BCUT2D eigenvalue weighted by Crippen LogP contribution is 1.94. The van der Waals surface area contributed by atoms with Crippen molar-refractivity contribution in [2.24, 2.45) is 0 Å². The van der Waals surface area contributed by atoms with Crippen LogP contribution >= 0.6 is 0 Å². The first-order valence-corrected chi connectivity index (χ1v) is 4.91. The average Bonchev–Trinajstić information content (AvgIpc) is 2.74. The molecule has 0 spiro atoms. The lowest BCUT2D eigenvalue weighted by Crippen LogP contribution is -2.34. The van der Waals surface area contributed by atoms with Crippen molar-refractivity contribution in [2.45, 2.75) is 6.54 Å². The summed E-state index contributed by atoms with van der Waals surface area (Å²) in [5.74, 6) is -0.00713. The molecule has 0 bridgehead atoms. The molecule has 0 saturated carbocycles. The van der Waals surface area contributed by atoms with Crippen LogP contribution in [0.3, 0.4) is 0 Å². The monoisotopic (exact) mass is 211 g/mol. The number of nitrogens with one attached hydrogen (secondary N) is 3. The van der Waals surface area contributed by atoms with Crippen LogP contribution in [0.15, 0.2) is 18.5 Å². The molecule has 0 radical (unpaired) electrons. The second kappa shape index (κ2) is 7.03. The van der Waals surface area contributed by atoms with Crippen molar-refractivity contribution in [3.63, 3.8) is 0 Å². The van der Waals surface area contributed by atoms with Crippen LogP contribution in [0.5, 0.6) is 0 Å². The Morgan fingerprint density at radius 3 is 3.13 bits per heavy atom. The molecule has 5 nitrogen and oxygen atoms in total. The second-order valence-corrected chi connectivity index (χ2v) is 3.17. The number of aromatic nitrogens is 1. The van der Waals surface area contributed by atoms with E-state index in [0.29, 0.717) is 26.2 Å². The number of methoxy groups -OCH3 is 1. The molecular formula is C10H17N3O2. The molecule has 0 aliphatic carbocycles. The van der Waals surface area contributed by atoms with Crippen molar-refractivity contribution in [2.75, 3.05) is 26.8 Å². The van der Waals surface area contributed by atoms with E-state index in [1.165, 1.54) is 0 Å². The third kappa shape index (κ3) is 5.19. The summed E-state index contributed by atoms with van der Waals surface area (Å²) in [7, 11) is 1.63. The van der Waals surface area contributed by atoms with E-state index in [4.69, 9.17) is 4.74 Å². The number of ether oxygens (including phenoxy) is 1. The van der Waals surface area contributed by atoms with Crippen LogP contribution in [-0.4, -0.2) is 37.7 Å². The number of carbonyl (C=O) groups is 1. The Morgan fingerprint density at radius 2 is 2.47 bits per heavy atom. The van der Waals surface area contributed by atoms with Crippen molar-refractivity contribution in [1.29, 1.82) is 0 Å². The van der Waals surface area contributed by atoms with Gasteiger partial charge in [0, 0.05) is 32.6 Å². The minimum absolute atomic E-state index is 0.00713. The normalized spacial score (nSPS) is 10.2. The minimum atomic E-state index is -0.00713. The molecule has 1 aromatic heterocycles. The fourth-order valence-corrected chi connectivity index (χ4v) is 1.11. The fraction of sp³-hybridized carbons (Fsp3) is 0.500. The maximum atomic E-state index is 11.3. The quantitative estimate of drug-likeness (QED) is 0.550. The Labute approximate surface area is 89.2 Å². The van der Waals surface area contributed by atoms with Crippen molar-refractivity contribution in [3.05, 3.63) is 24.0 Å². The van der Waals surface area contributed by atoms with Gasteiger partial charge in [-0.2, -0.15) is 0 Å². The van der Waals surface area contributed by atoms with E-state index in [-0.39, 0.29) is 5.91 Å². The molecule has 1 rings (SSSR count). The maximum Gasteiger partial charge on any atom is 0.234 e. The van der Waals surface area contributed by atoms with Gasteiger partial charge in [-0.15, -0.1) is 0 Å². The van der Waals surface area contributed by atoms with Gasteiger partial charge in [-0.3, -0.25) is 4.79 Å². The summed E-state index contributed by atoms with van der Waals surface area (Å²) in [6.07, 6.45) is 3.69. The third-order valence-corrected chi connectivity index (χ3v) is 1.92. The Balaban J connectivity index is 2.04. The number of H-pyrrole nitrogens is 1. The largest absolute Gasteiger partial charge is 0.383 e. The van der Waals surface area contributed by atoms with Gasteiger partial charge in [0.25, 0.3) is 0 Å². The molecule has 15 heavy (non-hydrogen) atoms. The average molecular weight is 211 g/mol. The molecule has 1 aromatic rings. The van der Waals surface area contributed by atoms with Gasteiger partial charge in [0.2, 0.25) is 5.91 Å². The Morgan fingerprint density at radius 1 is 1.60 bits per heavy atom. The number of hydrogen-bond donors (Lipinski definition) is 3. The van der Waals surface area contributed by atoms with Gasteiger partial charge in [0.1, 0.15) is 0 Å². The molecule has 3 N–H and O–H groups in total. The third-order valence-electron chi connectivity index (χ3n) is 1.92. The molecular weight excluding hydrogens is 194 g/mol. The number of hydrogen-bond acceptors (Lipinski definition) is 3. The first kappa shape index (κ1) is 11.7. The minimum Gasteiger partial charge on any atom is -0.383 e. The van der Waals surface area contributed by atoms with Crippen LogP contribution in [0.25, 0.3) is 0 Å². The van der Waals surface area contributed by atoms with Crippen molar-refractivity contribution < 1.29 is 9.53 Å². The van der Waals surface area contributed by atoms with Crippen molar-refractivity contribution in [3.8, 4) is 0 Å². The first-order valence-electron chi connectivity index (χ1n) is 4.91. The van der Waals surface area contributed by atoms with Gasteiger partial charge in [-0.05, 0) is 11.6 Å². The SMILES string of the molecule is COCCNCC(=O)NCc1cc[nH]c1. The van der Waals surface area contributed by atoms with Gasteiger partial charge in [0.05, 0.1) is 13.2 Å². The van der Waals surface area contributed by atoms with Gasteiger partial charge < -0.3 is 20.4 Å². The van der Waals surface area contributed by atoms with Crippen LogP contribution in [0.4, 0.5) is 0 Å². The topological polar surface area (TPSA) is 66.2 Å². The van der Waals surface area contributed by atoms with Gasteiger partial charge >= 0.3 is 0 Å². The Bertz CT molecular complexity index is 272. The molecule has 0 saturated heterocycles. The Kier molecular flexibility index (Phi) is 5.50. The van der Waals surface area contributed by atoms with Crippen molar-refractivity contribution >= 4 is 5.91 Å². The van der Waals surface area contributed by atoms with Gasteiger partial charge in [-0.25, -0.2) is 0 Å². The highest BCUT2D eigenvalue weighted by Gasteiger charge is 1.99. The summed E-state index contributed by atoms with van der Waals surface area (Å²) >= 11 is 0. The van der Waals surface area contributed by atoms with E-state index in [1.807, 2.05) is 18.5 Å². The van der Waals surface area contributed by atoms with Crippen LogP contribution < -0.4 is 10.6 Å². The first-order chi connectivity index (χ1) is 7.33. The summed E-state index contributed by atoms with van der Waals surface area (Å²) in [6.45, 7) is 2.20. The Hall–Kier alpha value is -1.33. The van der Waals surface area contributed by atoms with Gasteiger partial charge in [0.15, 0.2) is 0 Å². The molecule has 84 valence electrons. The van der Waals surface area contributed by atoms with E-state index in [9.17, 15) is 4.79 Å². The molecule has 0 atom stereocenters. The lowest BCUT2D eigenvalue weighted by Gasteiger charge is -2.05. The molecule has 0 aliphatic rings. The molecule has 0 fully saturated rings. The zero-order chi connectivity index (χ0) is 10.9. The molecule has 1 heterocycles. The predicted octanol–water partition coefficient (Wildman–Crippen LogP) is -0.133. The molecule has 0 unspecified atom stereocenters. The number of aromatic amines is 1. The second-order valence-electron chi connectivity index (χ2n) is 3.17. The summed E-state index contributed by atoms with van der Waals surface area (Å²) < 4.78 is 4.84. The standard InChI is InChI=1S/C10H17N3O2/c1-15-5-4-12-8-10(14)13-7-9-2-3-11-6-9/h2-3,6,11-12H,4-5,7-8H2,1H3,(H,13,14). The molecule has 1 amide bonds. The smallest absolute Gasteiger partial charge is 0.234 e.